The molecule has 8 atom stereocenters. The fraction of sp³-hybridized carbons (Fsp3) is 0.656. The first kappa shape index (κ1) is 29.5. The van der Waals surface area contributed by atoms with Crippen LogP contribution in [-0.2, 0) is 23.9 Å². The van der Waals surface area contributed by atoms with Crippen LogP contribution in [0.2, 0.25) is 0 Å². The summed E-state index contributed by atoms with van der Waals surface area (Å²) in [5.74, 6) is -3.46. The Hall–Kier alpha value is -2.51. The minimum atomic E-state index is -2.15. The summed E-state index contributed by atoms with van der Waals surface area (Å²) >= 11 is 0. The van der Waals surface area contributed by atoms with E-state index in [2.05, 4.69) is 20.8 Å². The number of aliphatic hydroxyl groups excluding tert-OH is 1. The highest BCUT2D eigenvalue weighted by molar-refractivity contribution is 5.97. The topological polar surface area (TPSA) is 110 Å². The van der Waals surface area contributed by atoms with Crippen molar-refractivity contribution in [2.24, 2.45) is 40.4 Å². The molecule has 2 fully saturated rings. The molecule has 0 aromatic rings. The summed E-state index contributed by atoms with van der Waals surface area (Å²) in [7, 11) is 0. The van der Waals surface area contributed by atoms with E-state index in [0.29, 0.717) is 12.0 Å². The second kappa shape index (κ2) is 10.8. The van der Waals surface area contributed by atoms with E-state index >= 15 is 0 Å². The summed E-state index contributed by atoms with van der Waals surface area (Å²) in [4.78, 5) is 40.5. The molecule has 4 aliphatic carbocycles. The number of allylic oxidation sites excluding steroid dienone is 4. The largest absolute Gasteiger partial charge is 0.455 e. The standard InChI is InChI=1S/C32H44O7/c1-7-8-9-10-11-12-13-14-38-29(36)25-19(2)17-31-20(3)15-24-26(30(24,5)6)23(27(31)35)16-22(18-33)28(32(25,31)37)39-21(4)34/h11-14,16-17,20,23-26,28,33,37H,7-10,15,18H2,1-6H3/b12-11+,14-13+/t20-,23+,24-,25-,26+,28-,31+,32-/m1/s1. The average Bonchev–Trinajstić information content (AvgIpc) is 3.34. The number of rotatable bonds is 9. The van der Waals surface area contributed by atoms with Crippen LogP contribution in [0.5, 0.6) is 0 Å². The van der Waals surface area contributed by atoms with Crippen LogP contribution in [0.1, 0.15) is 73.6 Å². The van der Waals surface area contributed by atoms with Crippen LogP contribution in [0.3, 0.4) is 0 Å². The van der Waals surface area contributed by atoms with E-state index < -0.39 is 47.5 Å². The number of ether oxygens (including phenoxy) is 2. The lowest BCUT2D eigenvalue weighted by Gasteiger charge is -2.49. The monoisotopic (exact) mass is 540 g/mol. The van der Waals surface area contributed by atoms with Crippen molar-refractivity contribution in [2.75, 3.05) is 6.61 Å². The molecular weight excluding hydrogens is 496 g/mol. The molecule has 2 bridgehead atoms. The van der Waals surface area contributed by atoms with Gasteiger partial charge in [0.15, 0.2) is 11.9 Å². The lowest BCUT2D eigenvalue weighted by molar-refractivity contribution is -0.199. The van der Waals surface area contributed by atoms with E-state index in [9.17, 15) is 24.6 Å². The number of carbonyl (C=O) groups is 3. The number of aliphatic hydroxyl groups is 2. The number of Topliss-reactive ketones (excluding diaryl/α,β-unsaturated/α-hetero) is 1. The molecule has 4 rings (SSSR count). The van der Waals surface area contributed by atoms with E-state index in [4.69, 9.17) is 9.47 Å². The maximum Gasteiger partial charge on any atom is 0.321 e. The van der Waals surface area contributed by atoms with Gasteiger partial charge in [-0.3, -0.25) is 14.4 Å². The van der Waals surface area contributed by atoms with Gasteiger partial charge in [0.25, 0.3) is 0 Å². The molecule has 0 unspecified atom stereocenters. The van der Waals surface area contributed by atoms with E-state index in [1.54, 1.807) is 25.2 Å². The van der Waals surface area contributed by atoms with Crippen molar-refractivity contribution in [3.63, 3.8) is 0 Å². The van der Waals surface area contributed by atoms with Gasteiger partial charge in [0.05, 0.1) is 18.3 Å². The molecule has 0 heterocycles. The summed E-state index contributed by atoms with van der Waals surface area (Å²) in [6, 6.07) is 0. The Kier molecular flexibility index (Phi) is 8.17. The number of fused-ring (bicyclic) bond motifs is 3. The molecule has 0 radical (unpaired) electrons. The highest BCUT2D eigenvalue weighted by Crippen LogP contribution is 2.72. The zero-order chi connectivity index (χ0) is 28.8. The second-order valence-electron chi connectivity index (χ2n) is 12.6. The minimum absolute atomic E-state index is 0.0421. The Bertz CT molecular complexity index is 1130. The molecule has 0 amide bonds. The SMILES string of the molecule is CCCCC/C=C/C=C/OC(=O)[C@H]1C(C)=C[C@]23C(=O)[C@@H](C=C(CO)[C@@H](OC(C)=O)[C@]12O)[C@H]1[C@@H](C[C@H]3C)C1(C)C. The zero-order valence-electron chi connectivity index (χ0n) is 24.1. The minimum Gasteiger partial charge on any atom is -0.455 e. The fourth-order valence-corrected chi connectivity index (χ4v) is 8.04. The zero-order valence-corrected chi connectivity index (χ0v) is 24.1. The quantitative estimate of drug-likeness (QED) is 0.142. The van der Waals surface area contributed by atoms with Gasteiger partial charge >= 0.3 is 11.9 Å². The number of hydrogen-bond donors (Lipinski definition) is 2. The van der Waals surface area contributed by atoms with Gasteiger partial charge < -0.3 is 19.7 Å². The van der Waals surface area contributed by atoms with Crippen molar-refractivity contribution in [1.82, 2.24) is 0 Å². The normalized spacial score (nSPS) is 38.4. The van der Waals surface area contributed by atoms with E-state index in [-0.39, 0.29) is 34.5 Å². The van der Waals surface area contributed by atoms with Crippen LogP contribution < -0.4 is 0 Å². The third-order valence-electron chi connectivity index (χ3n) is 9.95. The number of carbonyl (C=O) groups excluding carboxylic acids is 3. The lowest BCUT2D eigenvalue weighted by Crippen LogP contribution is -2.65. The van der Waals surface area contributed by atoms with Crippen LogP contribution in [0.25, 0.3) is 0 Å². The van der Waals surface area contributed by atoms with Gasteiger partial charge in [-0.05, 0) is 61.0 Å². The van der Waals surface area contributed by atoms with Gasteiger partial charge in [0.1, 0.15) is 11.5 Å². The summed E-state index contributed by atoms with van der Waals surface area (Å²) in [5, 5.41) is 23.2. The Balaban J connectivity index is 1.75. The summed E-state index contributed by atoms with van der Waals surface area (Å²) < 4.78 is 11.2. The van der Waals surface area contributed by atoms with Gasteiger partial charge in [-0.15, -0.1) is 0 Å². The molecule has 7 nitrogen and oxygen atoms in total. The van der Waals surface area contributed by atoms with Crippen molar-refractivity contribution in [1.29, 1.82) is 0 Å². The predicted molar refractivity (Wildman–Crippen MR) is 147 cm³/mol. The molecule has 2 N–H and O–H groups in total. The Labute approximate surface area is 232 Å². The third-order valence-corrected chi connectivity index (χ3v) is 9.95. The van der Waals surface area contributed by atoms with Gasteiger partial charge in [-0.1, -0.05) is 70.4 Å². The molecule has 2 saturated carbocycles. The third kappa shape index (κ3) is 4.55. The second-order valence-corrected chi connectivity index (χ2v) is 12.6. The Morgan fingerprint density at radius 1 is 1.21 bits per heavy atom. The van der Waals surface area contributed by atoms with Crippen molar-refractivity contribution in [3.8, 4) is 0 Å². The van der Waals surface area contributed by atoms with Crippen LogP contribution in [-0.4, -0.2) is 46.2 Å². The first-order valence-electron chi connectivity index (χ1n) is 14.4. The molecule has 1 spiro atoms. The van der Waals surface area contributed by atoms with Crippen molar-refractivity contribution in [2.45, 2.75) is 85.4 Å². The highest BCUT2D eigenvalue weighted by atomic mass is 16.6. The van der Waals surface area contributed by atoms with Crippen LogP contribution in [0.4, 0.5) is 0 Å². The average molecular weight is 541 g/mol. The summed E-state index contributed by atoms with van der Waals surface area (Å²) in [5.41, 5.74) is -2.96. The van der Waals surface area contributed by atoms with Crippen molar-refractivity contribution < 1.29 is 34.1 Å². The molecule has 7 heteroatoms. The van der Waals surface area contributed by atoms with Gasteiger partial charge in [0.2, 0.25) is 0 Å². The first-order valence-corrected chi connectivity index (χ1v) is 14.4. The molecule has 0 aromatic carbocycles. The predicted octanol–water partition coefficient (Wildman–Crippen LogP) is 4.83. The molecule has 4 aliphatic rings. The van der Waals surface area contributed by atoms with Crippen molar-refractivity contribution in [3.05, 3.63) is 47.8 Å². The number of unbranched alkanes of at least 4 members (excludes halogenated alkanes) is 3. The molecule has 39 heavy (non-hydrogen) atoms. The maximum atomic E-state index is 14.6. The smallest absolute Gasteiger partial charge is 0.321 e. The Morgan fingerprint density at radius 2 is 1.92 bits per heavy atom. The molecule has 0 saturated heterocycles. The number of ketones is 1. The first-order chi connectivity index (χ1) is 18.4. The summed E-state index contributed by atoms with van der Waals surface area (Å²) in [6.07, 6.45) is 13.8. The van der Waals surface area contributed by atoms with Gasteiger partial charge in [0, 0.05) is 12.8 Å². The van der Waals surface area contributed by atoms with E-state index in [1.165, 1.54) is 13.2 Å². The maximum absolute atomic E-state index is 14.6. The van der Waals surface area contributed by atoms with E-state index in [0.717, 1.165) is 25.7 Å². The fourth-order valence-electron chi connectivity index (χ4n) is 8.04. The number of hydrogen-bond acceptors (Lipinski definition) is 7. The Morgan fingerprint density at radius 3 is 2.56 bits per heavy atom. The van der Waals surface area contributed by atoms with Gasteiger partial charge in [-0.25, -0.2) is 0 Å². The number of esters is 2. The van der Waals surface area contributed by atoms with Crippen LogP contribution in [0.15, 0.2) is 47.8 Å². The molecular formula is C32H44O7. The molecule has 0 aliphatic heterocycles. The van der Waals surface area contributed by atoms with Crippen LogP contribution >= 0.6 is 0 Å². The highest BCUT2D eigenvalue weighted by Gasteiger charge is 2.77. The summed E-state index contributed by atoms with van der Waals surface area (Å²) in [6.45, 7) is 10.8. The lowest BCUT2D eigenvalue weighted by atomic mass is 9.57. The van der Waals surface area contributed by atoms with Crippen molar-refractivity contribution >= 4 is 17.7 Å². The van der Waals surface area contributed by atoms with Crippen LogP contribution in [0, 0.1) is 40.4 Å². The molecule has 214 valence electrons. The van der Waals surface area contributed by atoms with E-state index in [1.807, 2.05) is 19.1 Å². The van der Waals surface area contributed by atoms with Gasteiger partial charge in [-0.2, -0.15) is 0 Å². The molecule has 0 aromatic heterocycles.